The molecule has 2 aromatic carbocycles. The van der Waals surface area contributed by atoms with Gasteiger partial charge in [0.05, 0.1) is 54.5 Å². The molecule has 0 bridgehead atoms. The largest absolute Gasteiger partial charge is 0.405 e. The van der Waals surface area contributed by atoms with Crippen LogP contribution in [0.5, 0.6) is 0 Å². The van der Waals surface area contributed by atoms with E-state index < -0.39 is 23.4 Å². The van der Waals surface area contributed by atoms with E-state index in [1.165, 1.54) is 82.4 Å². The van der Waals surface area contributed by atoms with Gasteiger partial charge in [-0.05, 0) is 49.9 Å². The highest BCUT2D eigenvalue weighted by Gasteiger charge is 2.30. The van der Waals surface area contributed by atoms with Crippen molar-refractivity contribution < 1.29 is 32.9 Å². The van der Waals surface area contributed by atoms with Gasteiger partial charge in [0.1, 0.15) is 6.54 Å². The number of carbonyl (C=O) groups excluding carboxylic acids is 4. The fraction of sp³-hybridized carbons (Fsp3) is 0.350. The van der Waals surface area contributed by atoms with Crippen LogP contribution >= 0.6 is 11.6 Å². The van der Waals surface area contributed by atoms with E-state index in [1.54, 1.807) is 11.8 Å². The highest BCUT2D eigenvalue weighted by molar-refractivity contribution is 6.34. The summed E-state index contributed by atoms with van der Waals surface area (Å²) in [4.78, 5) is 61.3. The Balaban J connectivity index is 1.23. The van der Waals surface area contributed by atoms with Crippen LogP contribution in [0.1, 0.15) is 46.4 Å². The first-order chi connectivity index (χ1) is 27.7. The van der Waals surface area contributed by atoms with Gasteiger partial charge in [-0.2, -0.15) is 5.10 Å². The summed E-state index contributed by atoms with van der Waals surface area (Å²) in [5.41, 5.74) is 12.2. The highest BCUT2D eigenvalue weighted by Crippen LogP contribution is 2.33. The average molecular weight is 821 g/mol. The van der Waals surface area contributed by atoms with E-state index in [0.29, 0.717) is 31.9 Å². The molecule has 4 aromatic rings. The molecule has 58 heavy (non-hydrogen) atoms. The number of nitrogens with two attached hydrogens (primary N) is 2. The molecule has 3 heterocycles. The third-order valence-electron chi connectivity index (χ3n) is 10.0. The Labute approximate surface area is 340 Å². The smallest absolute Gasteiger partial charge is 0.291 e. The molecule has 308 valence electrons. The molecule has 0 radical (unpaired) electrons. The zero-order valence-corrected chi connectivity index (χ0v) is 33.9. The molecule has 1 aliphatic rings. The summed E-state index contributed by atoms with van der Waals surface area (Å²) in [5, 5.41) is 9.65. The number of quaternary nitrogens is 1. The lowest BCUT2D eigenvalue weighted by Gasteiger charge is -2.36. The van der Waals surface area contributed by atoms with Crippen LogP contribution in [0.25, 0.3) is 22.4 Å². The van der Waals surface area contributed by atoms with E-state index in [1.807, 2.05) is 11.8 Å². The molecule has 4 amide bonds. The number of benzene rings is 2. The number of nitrogens with one attached hydrogen (secondary N) is 3. The van der Waals surface area contributed by atoms with Crippen LogP contribution in [-0.2, 0) is 23.2 Å². The highest BCUT2D eigenvalue weighted by atomic mass is 35.5. The van der Waals surface area contributed by atoms with E-state index in [-0.39, 0.29) is 74.5 Å². The molecule has 1 atom stereocenters. The molecule has 5 rings (SSSR count). The third kappa shape index (κ3) is 9.71. The molecule has 1 fully saturated rings. The Hall–Kier alpha value is -6.07. The number of nitrogens with zero attached hydrogens (tertiary/aromatic N) is 6. The first-order valence-corrected chi connectivity index (χ1v) is 19.2. The Morgan fingerprint density at radius 2 is 1.67 bits per heavy atom. The van der Waals surface area contributed by atoms with Gasteiger partial charge < -0.3 is 41.4 Å². The maximum absolute atomic E-state index is 15.7. The van der Waals surface area contributed by atoms with Crippen LogP contribution in [0.3, 0.4) is 0 Å². The van der Waals surface area contributed by atoms with Crippen molar-refractivity contribution >= 4 is 40.9 Å². The second-order valence-electron chi connectivity index (χ2n) is 14.3. The van der Waals surface area contributed by atoms with E-state index in [9.17, 15) is 19.2 Å². The van der Waals surface area contributed by atoms with Gasteiger partial charge in [0.25, 0.3) is 11.8 Å². The van der Waals surface area contributed by atoms with Crippen LogP contribution in [0.4, 0.5) is 14.5 Å². The summed E-state index contributed by atoms with van der Waals surface area (Å²) in [7, 11) is 5.62. The quantitative estimate of drug-likeness (QED) is 0.120. The molecule has 0 spiro atoms. The molecule has 2 aromatic heterocycles. The summed E-state index contributed by atoms with van der Waals surface area (Å²) in [6.45, 7) is 5.92. The first-order valence-electron chi connectivity index (χ1n) is 18.8. The third-order valence-corrected chi connectivity index (χ3v) is 10.3. The maximum atomic E-state index is 15.7. The maximum Gasteiger partial charge on any atom is 0.291 e. The van der Waals surface area contributed by atoms with Crippen molar-refractivity contribution in [1.82, 2.24) is 34.4 Å². The lowest BCUT2D eigenvalue weighted by molar-refractivity contribution is -0.858. The van der Waals surface area contributed by atoms with Crippen molar-refractivity contribution in [3.8, 4) is 22.4 Å². The summed E-state index contributed by atoms with van der Waals surface area (Å²) in [6.07, 6.45) is 8.06. The van der Waals surface area contributed by atoms with Crippen LogP contribution in [0.15, 0.2) is 66.9 Å². The Kier molecular flexibility index (Phi) is 14.0. The molecule has 1 aliphatic heterocycles. The van der Waals surface area contributed by atoms with Crippen LogP contribution < -0.4 is 27.0 Å². The molecule has 0 saturated carbocycles. The number of aromatic nitrogens is 4. The number of hydrogen-bond donors (Lipinski definition) is 5. The van der Waals surface area contributed by atoms with Crippen LogP contribution in [0, 0.1) is 24.5 Å². The van der Waals surface area contributed by atoms with Gasteiger partial charge in [-0.25, -0.2) is 13.8 Å². The van der Waals surface area contributed by atoms with Gasteiger partial charge in [0, 0.05) is 80.3 Å². The second kappa shape index (κ2) is 18.9. The summed E-state index contributed by atoms with van der Waals surface area (Å²) >= 11 is 6.55. The van der Waals surface area contributed by atoms with Gasteiger partial charge in [0.15, 0.2) is 17.5 Å². The molecule has 7 N–H and O–H groups in total. The van der Waals surface area contributed by atoms with Crippen molar-refractivity contribution in [2.75, 3.05) is 52.1 Å². The lowest BCUT2D eigenvalue weighted by Crippen LogP contribution is -3.05. The number of amides is 4. The molecule has 0 aliphatic carbocycles. The number of allylic oxidation sites excluding steroid dienone is 1. The zero-order valence-electron chi connectivity index (χ0n) is 33.1. The number of aryl methyl sites for hydroxylation is 1. The van der Waals surface area contributed by atoms with Crippen molar-refractivity contribution in [3.63, 3.8) is 0 Å². The number of anilines is 1. The van der Waals surface area contributed by atoms with Crippen LogP contribution in [0.2, 0.25) is 5.02 Å². The summed E-state index contributed by atoms with van der Waals surface area (Å²) < 4.78 is 34.0. The Morgan fingerprint density at radius 1 is 1.00 bits per heavy atom. The predicted octanol–water partition coefficient (Wildman–Crippen LogP) is 2.68. The van der Waals surface area contributed by atoms with E-state index >= 15 is 8.78 Å². The van der Waals surface area contributed by atoms with E-state index in [2.05, 4.69) is 34.8 Å². The number of halogens is 3. The van der Waals surface area contributed by atoms with Gasteiger partial charge in [-0.3, -0.25) is 23.9 Å². The average Bonchev–Trinajstić information content (AvgIpc) is 3.76. The Bertz CT molecular complexity index is 2240. The minimum Gasteiger partial charge on any atom is -0.405 e. The minimum absolute atomic E-state index is 0.0423. The number of imidazole rings is 1. The topological polar surface area (TPSA) is 191 Å². The second-order valence-corrected chi connectivity index (χ2v) is 14.7. The minimum atomic E-state index is -1.17. The first kappa shape index (κ1) is 43.1. The molecular formula is C40H49ClF2N11O4+. The molecule has 1 unspecified atom stereocenters. The van der Waals surface area contributed by atoms with Crippen molar-refractivity contribution in [1.29, 1.82) is 0 Å². The SMILES string of the molecule is CCC(CC[NH+](C)C)C(=O)N1CCN(C(=O)c2ccc(NC(=O)c3ncc(-c4ccc(-c5cn(CC(=O)NC(/C=C\N)=C/N)nc5C)c(F)c4F)n3C)cc2Cl)CC1. The van der Waals surface area contributed by atoms with Gasteiger partial charge in [-0.15, -0.1) is 0 Å². The molecule has 18 heteroatoms. The molecule has 1 saturated heterocycles. The van der Waals surface area contributed by atoms with Crippen LogP contribution in [-0.4, -0.2) is 99.6 Å². The fourth-order valence-electron chi connectivity index (χ4n) is 6.76. The number of piperazine rings is 1. The summed E-state index contributed by atoms with van der Waals surface area (Å²) in [5.74, 6) is -3.74. The number of rotatable bonds is 14. The van der Waals surface area contributed by atoms with Crippen molar-refractivity contribution in [2.45, 2.75) is 33.2 Å². The lowest BCUT2D eigenvalue weighted by atomic mass is 10.00. The van der Waals surface area contributed by atoms with Gasteiger partial charge >= 0.3 is 0 Å². The number of hydrogen-bond acceptors (Lipinski definition) is 8. The molecular weight excluding hydrogens is 772 g/mol. The molecule has 15 nitrogen and oxygen atoms in total. The van der Waals surface area contributed by atoms with Crippen molar-refractivity contribution in [3.05, 3.63) is 101 Å². The van der Waals surface area contributed by atoms with Gasteiger partial charge in [0.2, 0.25) is 11.8 Å². The van der Waals surface area contributed by atoms with Gasteiger partial charge in [-0.1, -0.05) is 24.6 Å². The monoisotopic (exact) mass is 820 g/mol. The summed E-state index contributed by atoms with van der Waals surface area (Å²) in [6, 6.07) is 7.27. The fourth-order valence-corrected chi connectivity index (χ4v) is 7.02. The number of carbonyl (C=O) groups is 4. The van der Waals surface area contributed by atoms with E-state index in [0.717, 1.165) is 19.4 Å². The predicted molar refractivity (Wildman–Crippen MR) is 216 cm³/mol. The Morgan fingerprint density at radius 3 is 2.31 bits per heavy atom. The normalized spacial score (nSPS) is 14.0. The zero-order chi connectivity index (χ0) is 42.3. The van der Waals surface area contributed by atoms with E-state index in [4.69, 9.17) is 23.1 Å². The standard InChI is InChI=1S/C40H48ClF2N11O4/c1-6-25(12-14-50(3)4)39(57)52-15-17-53(18-16-52)40(58)29-8-7-26(19-32(29)41)48-38(56)37-46-21-33(51(37)5)30-10-9-28(35(42)36(30)43)31-22-54(49-24(31)2)23-34(55)47-27(20-45)11-13-44/h7-11,13,19-22,25H,6,12,14-18,23,44-45H2,1-5H3,(H,47,55)(H,48,56)/p+1/b13-11-,27-20+. The van der Waals surface area contributed by atoms with Crippen molar-refractivity contribution in [2.24, 2.45) is 24.4 Å².